The maximum absolute atomic E-state index is 11.6. The van der Waals surface area contributed by atoms with Crippen LogP contribution >= 0.6 is 11.3 Å². The number of anilines is 1. The highest BCUT2D eigenvalue weighted by Crippen LogP contribution is 2.34. The van der Waals surface area contributed by atoms with Crippen LogP contribution in [-0.4, -0.2) is 18.1 Å². The van der Waals surface area contributed by atoms with Crippen LogP contribution in [0.5, 0.6) is 0 Å². The summed E-state index contributed by atoms with van der Waals surface area (Å²) in [4.78, 5) is 17.4. The number of nitrogens with two attached hydrogens (primary N) is 1. The van der Waals surface area contributed by atoms with E-state index in [1.54, 1.807) is 0 Å². The molecule has 0 atom stereocenters. The molecule has 0 saturated carbocycles. The fraction of sp³-hybridized carbons (Fsp3) is 0.143. The van der Waals surface area contributed by atoms with Gasteiger partial charge in [-0.25, -0.2) is 9.78 Å². The molecule has 0 spiro atoms. The van der Waals surface area contributed by atoms with Gasteiger partial charge in [-0.3, -0.25) is 0 Å². The van der Waals surface area contributed by atoms with Crippen molar-refractivity contribution in [2.75, 3.05) is 12.8 Å². The summed E-state index contributed by atoms with van der Waals surface area (Å²) in [5.74, 6) is -0.416. The third-order valence-electron chi connectivity index (χ3n) is 3.04. The van der Waals surface area contributed by atoms with Gasteiger partial charge in [0, 0.05) is 10.8 Å². The molecule has 2 aromatic heterocycles. The van der Waals surface area contributed by atoms with Crippen molar-refractivity contribution >= 4 is 44.1 Å². The molecule has 3 rings (SSSR count). The van der Waals surface area contributed by atoms with E-state index >= 15 is 0 Å². The van der Waals surface area contributed by atoms with Crippen LogP contribution in [0.15, 0.2) is 24.3 Å². The largest absolute Gasteiger partial charge is 0.465 e. The number of hydrogen-bond donors (Lipinski definition) is 1. The van der Waals surface area contributed by atoms with Crippen LogP contribution in [0.1, 0.15) is 15.2 Å². The smallest absolute Gasteiger partial charge is 0.350 e. The Kier molecular flexibility index (Phi) is 2.64. The molecule has 0 aliphatic heterocycles. The highest BCUT2D eigenvalue weighted by Gasteiger charge is 2.18. The zero-order valence-corrected chi connectivity index (χ0v) is 11.4. The molecule has 0 aliphatic carbocycles. The van der Waals surface area contributed by atoms with Crippen LogP contribution in [-0.2, 0) is 4.74 Å². The lowest BCUT2D eigenvalue weighted by Crippen LogP contribution is -2.01. The van der Waals surface area contributed by atoms with Crippen molar-refractivity contribution in [3.05, 3.63) is 34.7 Å². The molecule has 19 heavy (non-hydrogen) atoms. The molecule has 0 fully saturated rings. The summed E-state index contributed by atoms with van der Waals surface area (Å²) in [6, 6.07) is 8.02. The Morgan fingerprint density at radius 2 is 2.16 bits per heavy atom. The van der Waals surface area contributed by atoms with Crippen LogP contribution < -0.4 is 5.73 Å². The van der Waals surface area contributed by atoms with Crippen molar-refractivity contribution in [3.63, 3.8) is 0 Å². The third-order valence-corrected chi connectivity index (χ3v) is 4.14. The molecular weight excluding hydrogens is 260 g/mol. The van der Waals surface area contributed by atoms with Crippen molar-refractivity contribution in [2.45, 2.75) is 6.92 Å². The minimum absolute atomic E-state index is 0.414. The van der Waals surface area contributed by atoms with E-state index in [0.717, 1.165) is 26.7 Å². The quantitative estimate of drug-likeness (QED) is 0.691. The monoisotopic (exact) mass is 272 g/mol. The summed E-state index contributed by atoms with van der Waals surface area (Å²) in [6.45, 7) is 2.02. The van der Waals surface area contributed by atoms with Crippen LogP contribution in [0.25, 0.3) is 21.1 Å². The highest BCUT2D eigenvalue weighted by atomic mass is 32.1. The molecule has 0 bridgehead atoms. The zero-order chi connectivity index (χ0) is 13.6. The maximum Gasteiger partial charge on any atom is 0.350 e. The number of hydrogen-bond acceptors (Lipinski definition) is 5. The number of ether oxygens (including phenoxy) is 1. The van der Waals surface area contributed by atoms with Gasteiger partial charge in [0.1, 0.15) is 9.71 Å². The summed E-state index contributed by atoms with van der Waals surface area (Å²) in [6.07, 6.45) is 0. The summed E-state index contributed by atoms with van der Waals surface area (Å²) in [5, 5.41) is 1.82. The molecule has 5 heteroatoms. The van der Waals surface area contributed by atoms with Crippen LogP contribution in [0.3, 0.4) is 0 Å². The van der Waals surface area contributed by atoms with E-state index in [4.69, 9.17) is 10.5 Å². The predicted octanol–water partition coefficient (Wildman–Crippen LogP) is 3.13. The summed E-state index contributed by atoms with van der Waals surface area (Å²) >= 11 is 1.27. The van der Waals surface area contributed by atoms with E-state index < -0.39 is 5.97 Å². The first-order chi connectivity index (χ1) is 9.10. The Balaban J connectivity index is 2.34. The number of fused-ring (bicyclic) bond motifs is 2. The molecule has 3 aromatic rings. The van der Waals surface area contributed by atoms with E-state index in [-0.39, 0.29) is 0 Å². The molecule has 0 amide bonds. The SMILES string of the molecule is COC(=O)c1sc2nc3cc(C)ccc3cc2c1N. The molecule has 0 radical (unpaired) electrons. The highest BCUT2D eigenvalue weighted by molar-refractivity contribution is 7.21. The van der Waals surface area contributed by atoms with E-state index in [1.165, 1.54) is 18.4 Å². The minimum Gasteiger partial charge on any atom is -0.465 e. The van der Waals surface area contributed by atoms with Crippen LogP contribution in [0.4, 0.5) is 5.69 Å². The van der Waals surface area contributed by atoms with E-state index in [9.17, 15) is 4.79 Å². The molecule has 1 aromatic carbocycles. The molecule has 96 valence electrons. The Morgan fingerprint density at radius 1 is 1.37 bits per heavy atom. The molecule has 2 N–H and O–H groups in total. The van der Waals surface area contributed by atoms with Crippen molar-refractivity contribution < 1.29 is 9.53 Å². The van der Waals surface area contributed by atoms with Crippen molar-refractivity contribution in [3.8, 4) is 0 Å². The third kappa shape index (κ3) is 1.82. The molecule has 0 unspecified atom stereocenters. The lowest BCUT2D eigenvalue weighted by Gasteiger charge is -1.99. The predicted molar refractivity (Wildman–Crippen MR) is 77.6 cm³/mol. The number of aromatic nitrogens is 1. The Morgan fingerprint density at radius 3 is 2.89 bits per heavy atom. The number of methoxy groups -OCH3 is 1. The number of carbonyl (C=O) groups is 1. The number of benzene rings is 1. The molecular formula is C14H12N2O2S. The zero-order valence-electron chi connectivity index (χ0n) is 10.6. The minimum atomic E-state index is -0.416. The summed E-state index contributed by atoms with van der Waals surface area (Å²) in [7, 11) is 1.35. The second-order valence-electron chi connectivity index (χ2n) is 4.37. The maximum atomic E-state index is 11.6. The van der Waals surface area contributed by atoms with Crippen LogP contribution in [0.2, 0.25) is 0 Å². The number of esters is 1. The normalized spacial score (nSPS) is 11.1. The van der Waals surface area contributed by atoms with Gasteiger partial charge in [-0.05, 0) is 24.6 Å². The van der Waals surface area contributed by atoms with Gasteiger partial charge in [-0.1, -0.05) is 12.1 Å². The van der Waals surface area contributed by atoms with E-state index in [1.807, 2.05) is 31.2 Å². The van der Waals surface area contributed by atoms with Gasteiger partial charge in [0.25, 0.3) is 0 Å². The fourth-order valence-electron chi connectivity index (χ4n) is 2.05. The lowest BCUT2D eigenvalue weighted by atomic mass is 10.1. The summed E-state index contributed by atoms with van der Waals surface area (Å²) in [5.41, 5.74) is 8.51. The topological polar surface area (TPSA) is 65.2 Å². The first-order valence-corrected chi connectivity index (χ1v) is 6.59. The number of aryl methyl sites for hydroxylation is 1. The van der Waals surface area contributed by atoms with Gasteiger partial charge in [-0.2, -0.15) is 0 Å². The van der Waals surface area contributed by atoms with Gasteiger partial charge in [0.15, 0.2) is 0 Å². The number of nitrogen functional groups attached to an aromatic ring is 1. The Bertz CT molecular complexity index is 808. The molecule has 0 aliphatic rings. The molecule has 2 heterocycles. The van der Waals surface area contributed by atoms with E-state index in [2.05, 4.69) is 4.98 Å². The average Bonchev–Trinajstić information content (AvgIpc) is 2.72. The molecule has 4 nitrogen and oxygen atoms in total. The van der Waals surface area contributed by atoms with Crippen molar-refractivity contribution in [2.24, 2.45) is 0 Å². The number of pyridine rings is 1. The van der Waals surface area contributed by atoms with E-state index in [0.29, 0.717) is 10.6 Å². The number of rotatable bonds is 1. The van der Waals surface area contributed by atoms with Gasteiger partial charge in [-0.15, -0.1) is 11.3 Å². The lowest BCUT2D eigenvalue weighted by molar-refractivity contribution is 0.0607. The Labute approximate surface area is 113 Å². The molecule has 0 saturated heterocycles. The fourth-order valence-corrected chi connectivity index (χ4v) is 3.05. The van der Waals surface area contributed by atoms with Gasteiger partial charge in [0.05, 0.1) is 18.3 Å². The number of thiophene rings is 1. The number of nitrogens with zero attached hydrogens (tertiary/aromatic N) is 1. The summed E-state index contributed by atoms with van der Waals surface area (Å²) < 4.78 is 4.73. The first-order valence-electron chi connectivity index (χ1n) is 5.78. The van der Waals surface area contributed by atoms with Crippen LogP contribution in [0, 0.1) is 6.92 Å². The van der Waals surface area contributed by atoms with Gasteiger partial charge >= 0.3 is 5.97 Å². The van der Waals surface area contributed by atoms with Crippen molar-refractivity contribution in [1.82, 2.24) is 4.98 Å². The van der Waals surface area contributed by atoms with Gasteiger partial charge < -0.3 is 10.5 Å². The average molecular weight is 272 g/mol. The number of carbonyl (C=O) groups excluding carboxylic acids is 1. The second kappa shape index (κ2) is 4.20. The Hall–Kier alpha value is -2.14. The standard InChI is InChI=1S/C14H12N2O2S/c1-7-3-4-8-6-9-11(15)12(14(17)18-2)19-13(9)16-10(8)5-7/h3-6H,15H2,1-2H3. The van der Waals surface area contributed by atoms with Crippen molar-refractivity contribution in [1.29, 1.82) is 0 Å². The second-order valence-corrected chi connectivity index (χ2v) is 5.37. The first kappa shape index (κ1) is 11.9. The van der Waals surface area contributed by atoms with Gasteiger partial charge in [0.2, 0.25) is 0 Å².